The van der Waals surface area contributed by atoms with Gasteiger partial charge in [0.1, 0.15) is 5.70 Å². The number of carboxylic acid groups (broad SMARTS) is 1. The van der Waals surface area contributed by atoms with Crippen LogP contribution in [0.5, 0.6) is 0 Å². The number of aliphatic carboxylic acids is 1. The van der Waals surface area contributed by atoms with Gasteiger partial charge in [-0.25, -0.2) is 9.59 Å². The molecular weight excluding hydrogens is 484 g/mol. The molecule has 0 aromatic carbocycles. The highest BCUT2D eigenvalue weighted by molar-refractivity contribution is 8.03. The van der Waals surface area contributed by atoms with Crippen LogP contribution in [0.3, 0.4) is 0 Å². The van der Waals surface area contributed by atoms with E-state index in [1.54, 1.807) is 18.7 Å². The molecule has 0 saturated carbocycles. The fourth-order valence-corrected chi connectivity index (χ4v) is 7.16. The molecule has 34 heavy (non-hydrogen) atoms. The van der Waals surface area contributed by atoms with Crippen molar-refractivity contribution in [1.29, 1.82) is 0 Å². The van der Waals surface area contributed by atoms with E-state index in [2.05, 4.69) is 10.6 Å². The molecule has 0 aromatic rings. The monoisotopic (exact) mass is 516 g/mol. The summed E-state index contributed by atoms with van der Waals surface area (Å²) in [5.74, 6) is -1.04. The van der Waals surface area contributed by atoms with Crippen LogP contribution >= 0.6 is 23.5 Å². The van der Waals surface area contributed by atoms with Crippen molar-refractivity contribution in [3.8, 4) is 0 Å². The highest BCUT2D eigenvalue weighted by atomic mass is 32.2. The smallest absolute Gasteiger partial charge is 0.431 e. The number of nitrogens with one attached hydrogen (secondary N) is 2. The molecule has 2 fully saturated rings. The number of aliphatic hydroxyl groups excluding tert-OH is 1. The van der Waals surface area contributed by atoms with Crippen LogP contribution in [0.25, 0.3) is 0 Å². The first-order valence-electron chi connectivity index (χ1n) is 11.2. The van der Waals surface area contributed by atoms with Crippen molar-refractivity contribution in [2.75, 3.05) is 32.1 Å². The van der Waals surface area contributed by atoms with Gasteiger partial charge in [0.15, 0.2) is 0 Å². The molecule has 6 atom stereocenters. The third-order valence-corrected chi connectivity index (χ3v) is 8.98. The summed E-state index contributed by atoms with van der Waals surface area (Å²) in [5, 5.41) is 26.6. The molecular formula is C21H32N4O7S2. The molecule has 11 nitrogen and oxygen atoms in total. The van der Waals surface area contributed by atoms with Gasteiger partial charge in [0.05, 0.1) is 18.1 Å². The number of β-lactam (4-membered cyclic amide) rings is 1. The number of aliphatic hydroxyl groups is 1. The number of thioether (sulfide) groups is 2. The minimum Gasteiger partial charge on any atom is -0.477 e. The van der Waals surface area contributed by atoms with Gasteiger partial charge in [-0.2, -0.15) is 16.8 Å². The molecule has 3 amide bonds. The van der Waals surface area contributed by atoms with Gasteiger partial charge in [-0.1, -0.05) is 6.92 Å². The van der Waals surface area contributed by atoms with E-state index in [-0.39, 0.29) is 47.2 Å². The van der Waals surface area contributed by atoms with E-state index in [9.17, 15) is 29.4 Å². The Hall–Kier alpha value is -1.96. The summed E-state index contributed by atoms with van der Waals surface area (Å²) in [7, 11) is 2.81. The van der Waals surface area contributed by atoms with Crippen LogP contribution in [0, 0.1) is 11.8 Å². The zero-order chi connectivity index (χ0) is 25.2. The summed E-state index contributed by atoms with van der Waals surface area (Å²) in [6, 6.07) is -0.0724. The Morgan fingerprint density at radius 1 is 1.38 bits per heavy atom. The zero-order valence-electron chi connectivity index (χ0n) is 19.6. The van der Waals surface area contributed by atoms with Gasteiger partial charge < -0.3 is 30.6 Å². The summed E-state index contributed by atoms with van der Waals surface area (Å²) >= 11 is 3.14. The second-order valence-electron chi connectivity index (χ2n) is 8.70. The maximum Gasteiger partial charge on any atom is 0.431 e. The van der Waals surface area contributed by atoms with Gasteiger partial charge >= 0.3 is 12.1 Å². The zero-order valence-corrected chi connectivity index (χ0v) is 21.3. The summed E-state index contributed by atoms with van der Waals surface area (Å²) in [6.45, 7) is 4.22. The highest BCUT2D eigenvalue weighted by Crippen LogP contribution is 2.51. The van der Waals surface area contributed by atoms with Crippen LogP contribution < -0.4 is 10.6 Å². The van der Waals surface area contributed by atoms with E-state index in [1.807, 2.05) is 6.92 Å². The Bertz CT molecular complexity index is 868. The lowest BCUT2D eigenvalue weighted by molar-refractivity contribution is -0.163. The molecule has 13 heteroatoms. The predicted molar refractivity (Wildman–Crippen MR) is 128 cm³/mol. The number of hydrogen-bond donors (Lipinski definition) is 4. The van der Waals surface area contributed by atoms with Crippen LogP contribution in [0.4, 0.5) is 4.79 Å². The summed E-state index contributed by atoms with van der Waals surface area (Å²) in [5.41, 5.74) is 0.0591. The lowest BCUT2D eigenvalue weighted by Crippen LogP contribution is -2.63. The summed E-state index contributed by atoms with van der Waals surface area (Å²) in [6.07, 6.45) is -0.430. The number of carbonyl (C=O) groups excluding carboxylic acids is 3. The molecule has 0 aromatic heterocycles. The van der Waals surface area contributed by atoms with E-state index in [4.69, 9.17) is 4.84 Å². The van der Waals surface area contributed by atoms with E-state index in [0.717, 1.165) is 23.8 Å². The molecule has 0 aliphatic carbocycles. The average molecular weight is 517 g/mol. The minimum absolute atomic E-state index is 0.0591. The normalized spacial score (nSPS) is 28.9. The molecule has 0 unspecified atom stereocenters. The van der Waals surface area contributed by atoms with Crippen molar-refractivity contribution in [3.63, 3.8) is 0 Å². The quantitative estimate of drug-likeness (QED) is 0.193. The third-order valence-electron chi connectivity index (χ3n) is 6.34. The Labute approximate surface area is 206 Å². The molecule has 0 spiro atoms. The molecule has 3 rings (SSSR count). The van der Waals surface area contributed by atoms with Crippen LogP contribution in [0.2, 0.25) is 0 Å². The molecule has 4 N–H and O–H groups in total. The standard InChI is InChI=1S/C21H32N4O7S2/c1-10-16-15(11(2)26)19(28)25(16)17(20(29)30)18(10)34-13-7-12(23-8-13)9-33-6-5-14(27)24(4)32-21(31)22-3/h10-13,15-16,23,26H,5-9H2,1-4H3,(H,22,31)(H,29,30)/t10-,11-,12+,13+,15-,16-/m1/s1. The Morgan fingerprint density at radius 2 is 2.09 bits per heavy atom. The second kappa shape index (κ2) is 11.2. The minimum atomic E-state index is -1.11. The number of nitrogens with zero attached hydrogens (tertiary/aromatic N) is 2. The summed E-state index contributed by atoms with van der Waals surface area (Å²) in [4.78, 5) is 54.4. The number of amides is 3. The maximum atomic E-state index is 12.5. The Kier molecular flexibility index (Phi) is 8.77. The van der Waals surface area contributed by atoms with Crippen molar-refractivity contribution in [2.24, 2.45) is 11.8 Å². The largest absolute Gasteiger partial charge is 0.477 e. The SMILES string of the molecule is CNC(=O)ON(C)C(=O)CCSC[C@@H]1C[C@H](SC2=C(C(=O)O)N3C(=O)[C@H]([C@@H](C)O)[C@H]3[C@H]2C)CN1. The molecule has 3 aliphatic heterocycles. The average Bonchev–Trinajstić information content (AvgIpc) is 3.31. The van der Waals surface area contributed by atoms with Gasteiger partial charge in [0.2, 0.25) is 5.91 Å². The van der Waals surface area contributed by atoms with Gasteiger partial charge in [0.25, 0.3) is 5.91 Å². The summed E-state index contributed by atoms with van der Waals surface area (Å²) < 4.78 is 0. The van der Waals surface area contributed by atoms with Crippen molar-refractivity contribution in [3.05, 3.63) is 10.6 Å². The molecule has 0 radical (unpaired) electrons. The number of hydroxylamine groups is 2. The number of fused-ring (bicyclic) bond motifs is 1. The fourth-order valence-electron chi connectivity index (χ4n) is 4.62. The first kappa shape index (κ1) is 26.6. The number of carbonyl (C=O) groups is 4. The van der Waals surface area contributed by atoms with Crippen LogP contribution in [0.1, 0.15) is 26.7 Å². The van der Waals surface area contributed by atoms with Crippen LogP contribution in [0.15, 0.2) is 10.6 Å². The molecule has 190 valence electrons. The number of hydrogen-bond acceptors (Lipinski definition) is 9. The molecule has 0 bridgehead atoms. The van der Waals surface area contributed by atoms with E-state index < -0.39 is 24.1 Å². The first-order chi connectivity index (χ1) is 16.1. The second-order valence-corrected chi connectivity index (χ2v) is 11.2. The van der Waals surface area contributed by atoms with Crippen molar-refractivity contribution < 1.29 is 34.2 Å². The molecule has 2 saturated heterocycles. The van der Waals surface area contributed by atoms with Gasteiger partial charge in [-0.3, -0.25) is 9.59 Å². The molecule has 3 heterocycles. The van der Waals surface area contributed by atoms with Crippen molar-refractivity contribution in [2.45, 2.75) is 50.1 Å². The predicted octanol–water partition coefficient (Wildman–Crippen LogP) is 0.457. The maximum absolute atomic E-state index is 12.5. The highest BCUT2D eigenvalue weighted by Gasteiger charge is 2.60. The lowest BCUT2D eigenvalue weighted by Gasteiger charge is -2.46. The topological polar surface area (TPSA) is 149 Å². The third kappa shape index (κ3) is 5.47. The first-order valence-corrected chi connectivity index (χ1v) is 13.2. The number of rotatable bonds is 9. The van der Waals surface area contributed by atoms with E-state index in [0.29, 0.717) is 10.7 Å². The van der Waals surface area contributed by atoms with Crippen LogP contribution in [-0.4, -0.2) is 99.6 Å². The van der Waals surface area contributed by atoms with Crippen LogP contribution in [-0.2, 0) is 19.2 Å². The Morgan fingerprint density at radius 3 is 2.71 bits per heavy atom. The van der Waals surface area contributed by atoms with E-state index >= 15 is 0 Å². The van der Waals surface area contributed by atoms with Crippen molar-refractivity contribution >= 4 is 47.4 Å². The van der Waals surface area contributed by atoms with E-state index in [1.165, 1.54) is 30.8 Å². The van der Waals surface area contributed by atoms with Gasteiger partial charge in [-0.05, 0) is 13.3 Å². The fraction of sp³-hybridized carbons (Fsp3) is 0.714. The lowest BCUT2D eigenvalue weighted by atomic mass is 9.79. The van der Waals surface area contributed by atoms with Gasteiger partial charge in [0, 0.05) is 60.7 Å². The Balaban J connectivity index is 1.47. The van der Waals surface area contributed by atoms with Gasteiger partial charge in [-0.15, -0.1) is 11.8 Å². The molecule has 3 aliphatic rings. The van der Waals surface area contributed by atoms with Crippen molar-refractivity contribution in [1.82, 2.24) is 20.6 Å². The number of carboxylic acids is 1.